The lowest BCUT2D eigenvalue weighted by Gasteiger charge is -2.38. The lowest BCUT2D eigenvalue weighted by Crippen LogP contribution is -2.46. The van der Waals surface area contributed by atoms with Crippen molar-refractivity contribution >= 4 is 17.7 Å². The van der Waals surface area contributed by atoms with Gasteiger partial charge in [-0.2, -0.15) is 0 Å². The second-order valence-corrected chi connectivity index (χ2v) is 5.56. The molecular weight excluding hydrogens is 238 g/mol. The molecule has 1 aromatic carbocycles. The SMILES string of the molecule is Cc1cc([C@@H]2NC(=O)OCC2(C)C)ccc1Cl. The molecule has 0 aliphatic carbocycles. The van der Waals surface area contributed by atoms with Crippen molar-refractivity contribution in [2.75, 3.05) is 6.61 Å². The van der Waals surface area contributed by atoms with Gasteiger partial charge in [0.15, 0.2) is 0 Å². The fraction of sp³-hybridized carbons (Fsp3) is 0.462. The number of hydrogen-bond donors (Lipinski definition) is 1. The van der Waals surface area contributed by atoms with Crippen LogP contribution >= 0.6 is 11.6 Å². The van der Waals surface area contributed by atoms with Crippen molar-refractivity contribution < 1.29 is 9.53 Å². The summed E-state index contributed by atoms with van der Waals surface area (Å²) in [5.41, 5.74) is 1.95. The Kier molecular flexibility index (Phi) is 3.04. The number of rotatable bonds is 1. The lowest BCUT2D eigenvalue weighted by atomic mass is 9.80. The molecule has 1 aromatic rings. The zero-order valence-corrected chi connectivity index (χ0v) is 11.0. The zero-order valence-electron chi connectivity index (χ0n) is 10.2. The quantitative estimate of drug-likeness (QED) is 0.832. The largest absolute Gasteiger partial charge is 0.449 e. The second kappa shape index (κ2) is 4.22. The third-order valence-corrected chi connectivity index (χ3v) is 3.56. The lowest BCUT2D eigenvalue weighted by molar-refractivity contribution is 0.0387. The minimum Gasteiger partial charge on any atom is -0.449 e. The van der Waals surface area contributed by atoms with E-state index >= 15 is 0 Å². The first-order valence-corrected chi connectivity index (χ1v) is 5.97. The highest BCUT2D eigenvalue weighted by Crippen LogP contribution is 2.37. The van der Waals surface area contributed by atoms with Crippen molar-refractivity contribution in [3.05, 3.63) is 34.3 Å². The van der Waals surface area contributed by atoms with E-state index in [0.717, 1.165) is 16.1 Å². The van der Waals surface area contributed by atoms with E-state index in [-0.39, 0.29) is 17.6 Å². The van der Waals surface area contributed by atoms with Crippen molar-refractivity contribution in [1.29, 1.82) is 0 Å². The number of halogens is 1. The highest BCUT2D eigenvalue weighted by Gasteiger charge is 2.37. The summed E-state index contributed by atoms with van der Waals surface area (Å²) >= 11 is 6.01. The Morgan fingerprint density at radius 3 is 2.82 bits per heavy atom. The Bertz CT molecular complexity index is 457. The van der Waals surface area contributed by atoms with E-state index in [1.54, 1.807) is 0 Å². The molecule has 0 unspecified atom stereocenters. The molecule has 0 radical (unpaired) electrons. The molecule has 17 heavy (non-hydrogen) atoms. The van der Waals surface area contributed by atoms with Gasteiger partial charge in [0.1, 0.15) is 6.61 Å². The number of alkyl carbamates (subject to hydrolysis) is 1. The summed E-state index contributed by atoms with van der Waals surface area (Å²) in [6.45, 7) is 6.52. The molecule has 1 aliphatic rings. The Morgan fingerprint density at radius 1 is 1.47 bits per heavy atom. The van der Waals surface area contributed by atoms with Gasteiger partial charge in [-0.05, 0) is 24.1 Å². The number of carbonyl (C=O) groups excluding carboxylic acids is 1. The predicted molar refractivity (Wildman–Crippen MR) is 67.2 cm³/mol. The third-order valence-electron chi connectivity index (χ3n) is 3.13. The average molecular weight is 254 g/mol. The van der Waals surface area contributed by atoms with Gasteiger partial charge in [-0.1, -0.05) is 37.6 Å². The molecule has 0 saturated carbocycles. The van der Waals surface area contributed by atoms with Crippen LogP contribution in [0.25, 0.3) is 0 Å². The smallest absolute Gasteiger partial charge is 0.407 e. The van der Waals surface area contributed by atoms with Crippen LogP contribution in [-0.2, 0) is 4.74 Å². The van der Waals surface area contributed by atoms with Gasteiger partial charge in [-0.15, -0.1) is 0 Å². The van der Waals surface area contributed by atoms with E-state index in [9.17, 15) is 4.79 Å². The zero-order chi connectivity index (χ0) is 12.6. The molecule has 1 heterocycles. The van der Waals surface area contributed by atoms with Gasteiger partial charge in [0.2, 0.25) is 0 Å². The van der Waals surface area contributed by atoms with Crippen LogP contribution in [0.1, 0.15) is 31.0 Å². The van der Waals surface area contributed by atoms with Crippen molar-refractivity contribution in [3.63, 3.8) is 0 Å². The molecule has 1 N–H and O–H groups in total. The van der Waals surface area contributed by atoms with Crippen LogP contribution in [-0.4, -0.2) is 12.7 Å². The molecule has 0 aromatic heterocycles. The number of nitrogens with one attached hydrogen (secondary N) is 1. The van der Waals surface area contributed by atoms with Crippen LogP contribution in [0.15, 0.2) is 18.2 Å². The molecule has 0 spiro atoms. The van der Waals surface area contributed by atoms with Crippen LogP contribution in [0.3, 0.4) is 0 Å². The molecule has 1 atom stereocenters. The minimum absolute atomic E-state index is 0.0419. The van der Waals surface area contributed by atoms with Crippen LogP contribution in [0.2, 0.25) is 5.02 Å². The molecule has 1 aliphatic heterocycles. The maximum atomic E-state index is 11.3. The van der Waals surface area contributed by atoms with Gasteiger partial charge >= 0.3 is 6.09 Å². The molecule has 2 rings (SSSR count). The maximum absolute atomic E-state index is 11.3. The van der Waals surface area contributed by atoms with E-state index in [2.05, 4.69) is 19.2 Å². The highest BCUT2D eigenvalue weighted by molar-refractivity contribution is 6.31. The number of benzene rings is 1. The molecule has 3 nitrogen and oxygen atoms in total. The van der Waals surface area contributed by atoms with Crippen molar-refractivity contribution in [2.24, 2.45) is 5.41 Å². The Hall–Kier alpha value is -1.22. The standard InChI is InChI=1S/C13H16ClNO2/c1-8-6-9(4-5-10(8)14)11-13(2,3)7-17-12(16)15-11/h4-6,11H,7H2,1-3H3,(H,15,16)/t11-/m0/s1. The maximum Gasteiger partial charge on any atom is 0.407 e. The van der Waals surface area contributed by atoms with Gasteiger partial charge in [-0.25, -0.2) is 4.79 Å². The summed E-state index contributed by atoms with van der Waals surface area (Å²) in [6, 6.07) is 5.79. The molecule has 0 bridgehead atoms. The molecule has 1 amide bonds. The fourth-order valence-corrected chi connectivity index (χ4v) is 2.19. The normalized spacial score (nSPS) is 22.8. The number of carbonyl (C=O) groups is 1. The predicted octanol–water partition coefficient (Wildman–Crippen LogP) is 3.46. The van der Waals surface area contributed by atoms with Gasteiger partial charge in [0, 0.05) is 10.4 Å². The van der Waals surface area contributed by atoms with Gasteiger partial charge < -0.3 is 10.1 Å². The van der Waals surface area contributed by atoms with E-state index in [1.807, 2.05) is 25.1 Å². The first kappa shape index (κ1) is 12.2. The Balaban J connectivity index is 2.36. The van der Waals surface area contributed by atoms with E-state index in [0.29, 0.717) is 6.61 Å². The molecule has 92 valence electrons. The number of aryl methyl sites for hydroxylation is 1. The van der Waals surface area contributed by atoms with E-state index in [1.165, 1.54) is 0 Å². The second-order valence-electron chi connectivity index (χ2n) is 5.15. The summed E-state index contributed by atoms with van der Waals surface area (Å²) in [5, 5.41) is 3.61. The first-order valence-electron chi connectivity index (χ1n) is 5.59. The molecule has 1 saturated heterocycles. The molecule has 1 fully saturated rings. The molecule has 4 heteroatoms. The van der Waals surface area contributed by atoms with Crippen LogP contribution < -0.4 is 5.32 Å². The number of amides is 1. The van der Waals surface area contributed by atoms with Crippen LogP contribution in [0, 0.1) is 12.3 Å². The average Bonchev–Trinajstić information content (AvgIpc) is 2.26. The van der Waals surface area contributed by atoms with E-state index < -0.39 is 0 Å². The van der Waals surface area contributed by atoms with Crippen LogP contribution in [0.4, 0.5) is 4.79 Å². The number of ether oxygens (including phenoxy) is 1. The number of cyclic esters (lactones) is 1. The van der Waals surface area contributed by atoms with Crippen LogP contribution in [0.5, 0.6) is 0 Å². The van der Waals surface area contributed by atoms with Gasteiger partial charge in [-0.3, -0.25) is 0 Å². The minimum atomic E-state index is -0.359. The van der Waals surface area contributed by atoms with E-state index in [4.69, 9.17) is 16.3 Å². The Morgan fingerprint density at radius 2 is 2.18 bits per heavy atom. The summed E-state index contributed by atoms with van der Waals surface area (Å²) in [4.78, 5) is 11.3. The Labute approximate surface area is 106 Å². The summed E-state index contributed by atoms with van der Waals surface area (Å²) < 4.78 is 5.02. The number of hydrogen-bond acceptors (Lipinski definition) is 2. The van der Waals surface area contributed by atoms with Crippen molar-refractivity contribution in [3.8, 4) is 0 Å². The fourth-order valence-electron chi connectivity index (χ4n) is 2.07. The van der Waals surface area contributed by atoms with Crippen molar-refractivity contribution in [1.82, 2.24) is 5.32 Å². The third kappa shape index (κ3) is 2.39. The summed E-state index contributed by atoms with van der Waals surface area (Å²) in [5.74, 6) is 0. The van der Waals surface area contributed by atoms with Crippen molar-refractivity contribution in [2.45, 2.75) is 26.8 Å². The molecular formula is C13H16ClNO2. The summed E-state index contributed by atoms with van der Waals surface area (Å²) in [7, 11) is 0. The topological polar surface area (TPSA) is 38.3 Å². The monoisotopic (exact) mass is 253 g/mol. The first-order chi connectivity index (χ1) is 7.90. The summed E-state index contributed by atoms with van der Waals surface area (Å²) in [6.07, 6.45) is -0.359. The van der Waals surface area contributed by atoms with Gasteiger partial charge in [0.25, 0.3) is 0 Å². The van der Waals surface area contributed by atoms with Gasteiger partial charge in [0.05, 0.1) is 6.04 Å². The highest BCUT2D eigenvalue weighted by atomic mass is 35.5.